The van der Waals surface area contributed by atoms with E-state index in [0.717, 1.165) is 0 Å². The van der Waals surface area contributed by atoms with Crippen LogP contribution in [0.3, 0.4) is 0 Å². The highest BCUT2D eigenvalue weighted by Gasteiger charge is 2.40. The molecule has 1 aromatic rings. The van der Waals surface area contributed by atoms with E-state index in [4.69, 9.17) is 5.73 Å². The molecule has 1 aliphatic carbocycles. The zero-order valence-electron chi connectivity index (χ0n) is 9.29. The average molecular weight is 203 g/mol. The predicted molar refractivity (Wildman–Crippen MR) is 60.6 cm³/mol. The van der Waals surface area contributed by atoms with Crippen molar-refractivity contribution < 1.29 is 4.79 Å². The SMILES string of the molecule is CC(C)C(=O)C1(N)Cc2ccccc2C1. The number of benzene rings is 1. The number of rotatable bonds is 2. The minimum Gasteiger partial charge on any atom is -0.318 e. The largest absolute Gasteiger partial charge is 0.318 e. The second kappa shape index (κ2) is 3.46. The number of Topliss-reactive ketones (excluding diaryl/α,β-unsaturated/α-hetero) is 1. The molecule has 2 rings (SSSR count). The summed E-state index contributed by atoms with van der Waals surface area (Å²) in [5, 5.41) is 0. The zero-order chi connectivity index (χ0) is 11.1. The summed E-state index contributed by atoms with van der Waals surface area (Å²) in [5.74, 6) is 0.197. The number of carbonyl (C=O) groups is 1. The second-order valence-corrected chi connectivity index (χ2v) is 4.80. The Morgan fingerprint density at radius 3 is 2.13 bits per heavy atom. The van der Waals surface area contributed by atoms with Gasteiger partial charge in [-0.05, 0) is 24.0 Å². The lowest BCUT2D eigenvalue weighted by molar-refractivity contribution is -0.126. The zero-order valence-corrected chi connectivity index (χ0v) is 9.29. The predicted octanol–water partition coefficient (Wildman–Crippen LogP) is 1.71. The van der Waals surface area contributed by atoms with E-state index in [0.29, 0.717) is 12.8 Å². The van der Waals surface area contributed by atoms with Crippen LogP contribution in [-0.4, -0.2) is 11.3 Å². The van der Waals surface area contributed by atoms with E-state index in [1.54, 1.807) is 0 Å². The van der Waals surface area contributed by atoms with Gasteiger partial charge in [-0.15, -0.1) is 0 Å². The van der Waals surface area contributed by atoms with Crippen LogP contribution in [0.5, 0.6) is 0 Å². The molecule has 2 heteroatoms. The van der Waals surface area contributed by atoms with Crippen LogP contribution in [0.15, 0.2) is 24.3 Å². The summed E-state index contributed by atoms with van der Waals surface area (Å²) in [4.78, 5) is 12.0. The highest BCUT2D eigenvalue weighted by Crippen LogP contribution is 2.30. The lowest BCUT2D eigenvalue weighted by Gasteiger charge is -2.23. The molecule has 0 saturated carbocycles. The van der Waals surface area contributed by atoms with E-state index >= 15 is 0 Å². The third kappa shape index (κ3) is 1.70. The van der Waals surface area contributed by atoms with E-state index in [2.05, 4.69) is 12.1 Å². The Bertz CT molecular complexity index is 370. The third-order valence-electron chi connectivity index (χ3n) is 3.15. The van der Waals surface area contributed by atoms with Crippen molar-refractivity contribution in [3.8, 4) is 0 Å². The standard InChI is InChI=1S/C13H17NO/c1-9(2)12(15)13(14)7-10-5-3-4-6-11(10)8-13/h3-6,9H,7-8,14H2,1-2H3. The van der Waals surface area contributed by atoms with E-state index in [-0.39, 0.29) is 11.7 Å². The molecule has 80 valence electrons. The van der Waals surface area contributed by atoms with E-state index in [1.165, 1.54) is 11.1 Å². The summed E-state index contributed by atoms with van der Waals surface area (Å²) in [5.41, 5.74) is 8.01. The van der Waals surface area contributed by atoms with Crippen LogP contribution in [0.4, 0.5) is 0 Å². The average Bonchev–Trinajstić information content (AvgIpc) is 2.54. The molecule has 0 aromatic heterocycles. The van der Waals surface area contributed by atoms with Gasteiger partial charge < -0.3 is 5.73 Å². The molecule has 0 fully saturated rings. The molecule has 0 heterocycles. The van der Waals surface area contributed by atoms with Gasteiger partial charge in [0.2, 0.25) is 0 Å². The van der Waals surface area contributed by atoms with Crippen molar-refractivity contribution in [2.75, 3.05) is 0 Å². The number of hydrogen-bond donors (Lipinski definition) is 1. The summed E-state index contributed by atoms with van der Waals surface area (Å²) in [6.07, 6.45) is 1.39. The van der Waals surface area contributed by atoms with Gasteiger partial charge in [-0.1, -0.05) is 38.1 Å². The Morgan fingerprint density at radius 1 is 1.27 bits per heavy atom. The van der Waals surface area contributed by atoms with E-state index in [9.17, 15) is 4.79 Å². The van der Waals surface area contributed by atoms with E-state index < -0.39 is 5.54 Å². The van der Waals surface area contributed by atoms with Crippen LogP contribution in [0.25, 0.3) is 0 Å². The van der Waals surface area contributed by atoms with Crippen LogP contribution >= 0.6 is 0 Å². The van der Waals surface area contributed by atoms with E-state index in [1.807, 2.05) is 26.0 Å². The van der Waals surface area contributed by atoms with Gasteiger partial charge >= 0.3 is 0 Å². The normalized spacial score (nSPS) is 17.9. The summed E-state index contributed by atoms with van der Waals surface area (Å²) < 4.78 is 0. The van der Waals surface area contributed by atoms with Gasteiger partial charge in [0.05, 0.1) is 5.54 Å². The number of carbonyl (C=O) groups excluding carboxylic acids is 1. The molecular formula is C13H17NO. The first-order valence-electron chi connectivity index (χ1n) is 5.43. The lowest BCUT2D eigenvalue weighted by Crippen LogP contribution is -2.50. The van der Waals surface area contributed by atoms with Crippen molar-refractivity contribution in [3.63, 3.8) is 0 Å². The summed E-state index contributed by atoms with van der Waals surface area (Å²) in [6, 6.07) is 8.14. The summed E-state index contributed by atoms with van der Waals surface area (Å²) in [6.45, 7) is 3.83. The molecule has 2 N–H and O–H groups in total. The highest BCUT2D eigenvalue weighted by molar-refractivity contribution is 5.91. The van der Waals surface area contributed by atoms with Gasteiger partial charge in [-0.25, -0.2) is 0 Å². The fraction of sp³-hybridized carbons (Fsp3) is 0.462. The maximum absolute atomic E-state index is 12.0. The van der Waals surface area contributed by atoms with Gasteiger partial charge in [0.25, 0.3) is 0 Å². The lowest BCUT2D eigenvalue weighted by atomic mass is 9.85. The number of nitrogens with two attached hydrogens (primary N) is 1. The first kappa shape index (κ1) is 10.4. The van der Waals surface area contributed by atoms with Gasteiger partial charge in [-0.2, -0.15) is 0 Å². The first-order valence-corrected chi connectivity index (χ1v) is 5.43. The summed E-state index contributed by atoms with van der Waals surface area (Å²) >= 11 is 0. The number of ketones is 1. The molecule has 0 bridgehead atoms. The quantitative estimate of drug-likeness (QED) is 0.795. The molecule has 0 unspecified atom stereocenters. The third-order valence-corrected chi connectivity index (χ3v) is 3.15. The monoisotopic (exact) mass is 203 g/mol. The van der Waals surface area contributed by atoms with Crippen molar-refractivity contribution >= 4 is 5.78 Å². The Kier molecular flexibility index (Phi) is 2.39. The van der Waals surface area contributed by atoms with Crippen LogP contribution in [-0.2, 0) is 17.6 Å². The Balaban J connectivity index is 2.28. The molecule has 15 heavy (non-hydrogen) atoms. The van der Waals surface area contributed by atoms with Crippen molar-refractivity contribution in [2.24, 2.45) is 11.7 Å². The maximum Gasteiger partial charge on any atom is 0.155 e. The van der Waals surface area contributed by atoms with Crippen LogP contribution in [0, 0.1) is 5.92 Å². The molecule has 1 aromatic carbocycles. The van der Waals surface area contributed by atoms with Crippen molar-refractivity contribution in [3.05, 3.63) is 35.4 Å². The van der Waals surface area contributed by atoms with Gasteiger partial charge in [0.1, 0.15) is 0 Å². The second-order valence-electron chi connectivity index (χ2n) is 4.80. The first-order chi connectivity index (χ1) is 7.03. The van der Waals surface area contributed by atoms with Gasteiger partial charge in [-0.3, -0.25) is 4.79 Å². The molecule has 1 aliphatic rings. The van der Waals surface area contributed by atoms with Gasteiger partial charge in [0, 0.05) is 5.92 Å². The Morgan fingerprint density at radius 2 is 1.73 bits per heavy atom. The molecule has 0 spiro atoms. The van der Waals surface area contributed by atoms with Crippen molar-refractivity contribution in [1.29, 1.82) is 0 Å². The molecule has 0 amide bonds. The molecule has 0 aliphatic heterocycles. The number of hydrogen-bond acceptors (Lipinski definition) is 2. The fourth-order valence-electron chi connectivity index (χ4n) is 2.39. The van der Waals surface area contributed by atoms with Crippen LogP contribution in [0.2, 0.25) is 0 Å². The molecular weight excluding hydrogens is 186 g/mol. The summed E-state index contributed by atoms with van der Waals surface area (Å²) in [7, 11) is 0. The minimum absolute atomic E-state index is 0.0179. The fourth-order valence-corrected chi connectivity index (χ4v) is 2.39. The molecule has 0 saturated heterocycles. The van der Waals surface area contributed by atoms with Crippen molar-refractivity contribution in [1.82, 2.24) is 0 Å². The topological polar surface area (TPSA) is 43.1 Å². The molecule has 0 radical (unpaired) electrons. The van der Waals surface area contributed by atoms with Gasteiger partial charge in [0.15, 0.2) is 5.78 Å². The maximum atomic E-state index is 12.0. The Hall–Kier alpha value is -1.15. The molecule has 0 atom stereocenters. The minimum atomic E-state index is -0.655. The van der Waals surface area contributed by atoms with Crippen molar-refractivity contribution in [2.45, 2.75) is 32.2 Å². The molecule has 2 nitrogen and oxygen atoms in total. The Labute approximate surface area is 90.5 Å². The smallest absolute Gasteiger partial charge is 0.155 e. The van der Waals surface area contributed by atoms with Crippen LogP contribution < -0.4 is 5.73 Å². The highest BCUT2D eigenvalue weighted by atomic mass is 16.1. The van der Waals surface area contributed by atoms with Crippen LogP contribution in [0.1, 0.15) is 25.0 Å². The number of fused-ring (bicyclic) bond motifs is 1.